The summed E-state index contributed by atoms with van der Waals surface area (Å²) >= 11 is 0. The zero-order chi connectivity index (χ0) is 16.1. The number of aliphatic carboxylic acids is 1. The molecule has 0 spiro atoms. The van der Waals surface area contributed by atoms with Crippen molar-refractivity contribution in [3.63, 3.8) is 0 Å². The van der Waals surface area contributed by atoms with E-state index in [1.807, 2.05) is 0 Å². The molecule has 7 nitrogen and oxygen atoms in total. The molecule has 2 saturated heterocycles. The van der Waals surface area contributed by atoms with Crippen LogP contribution in [0.4, 0.5) is 4.39 Å². The molecule has 2 fully saturated rings. The van der Waals surface area contributed by atoms with E-state index in [4.69, 9.17) is 0 Å². The van der Waals surface area contributed by atoms with Gasteiger partial charge in [-0.2, -0.15) is 0 Å². The van der Waals surface area contributed by atoms with Gasteiger partial charge in [-0.1, -0.05) is 12.1 Å². The number of carboxylic acids is 1. The molecule has 0 aliphatic carbocycles. The Balaban J connectivity index is 2.09. The number of aliphatic hydroxyl groups excluding tert-OH is 1. The van der Waals surface area contributed by atoms with Gasteiger partial charge in [-0.25, -0.2) is 4.39 Å². The summed E-state index contributed by atoms with van der Waals surface area (Å²) < 4.78 is 13.0. The standard InChI is InChI=1S/C14H13FN2O5/c15-7-3-1-6(2-4-7)10-8-9(12(20)16-11(8)19)14(5-18,17-10)13(21)22/h1-4,8-10,17-18H,5H2,(H,21,22)(H,16,19,20). The Labute approximate surface area is 124 Å². The maximum absolute atomic E-state index is 13.0. The molecule has 4 N–H and O–H groups in total. The lowest BCUT2D eigenvalue weighted by molar-refractivity contribution is -0.151. The van der Waals surface area contributed by atoms with Crippen LogP contribution in [-0.2, 0) is 14.4 Å². The predicted molar refractivity (Wildman–Crippen MR) is 69.9 cm³/mol. The minimum atomic E-state index is -1.94. The largest absolute Gasteiger partial charge is 0.480 e. The van der Waals surface area contributed by atoms with Crippen LogP contribution in [0.25, 0.3) is 0 Å². The number of fused-ring (bicyclic) bond motifs is 1. The highest BCUT2D eigenvalue weighted by atomic mass is 19.1. The maximum atomic E-state index is 13.0. The Morgan fingerprint density at radius 1 is 1.23 bits per heavy atom. The molecule has 0 aromatic heterocycles. The summed E-state index contributed by atoms with van der Waals surface area (Å²) in [6, 6.07) is 4.38. The zero-order valence-electron chi connectivity index (χ0n) is 11.2. The van der Waals surface area contributed by atoms with Gasteiger partial charge in [-0.15, -0.1) is 0 Å². The summed E-state index contributed by atoms with van der Waals surface area (Å²) in [4.78, 5) is 35.6. The van der Waals surface area contributed by atoms with Gasteiger partial charge in [0.15, 0.2) is 5.54 Å². The number of carbonyl (C=O) groups is 3. The van der Waals surface area contributed by atoms with E-state index >= 15 is 0 Å². The molecule has 22 heavy (non-hydrogen) atoms. The second-order valence-electron chi connectivity index (χ2n) is 5.47. The molecule has 3 rings (SSSR count). The first-order valence-corrected chi connectivity index (χ1v) is 6.63. The molecule has 2 aliphatic rings. The Kier molecular flexibility index (Phi) is 3.22. The summed E-state index contributed by atoms with van der Waals surface area (Å²) in [5.74, 6) is -5.42. The molecule has 0 bridgehead atoms. The Hall–Kier alpha value is -2.32. The number of aliphatic hydroxyl groups is 1. The van der Waals surface area contributed by atoms with Gasteiger partial charge in [-0.05, 0) is 17.7 Å². The highest BCUT2D eigenvalue weighted by molar-refractivity contribution is 6.09. The molecule has 4 atom stereocenters. The SMILES string of the molecule is O=C1NC(=O)C2C1C(c1ccc(F)cc1)NC2(CO)C(=O)O. The van der Waals surface area contributed by atoms with Crippen molar-refractivity contribution in [3.8, 4) is 0 Å². The first-order valence-electron chi connectivity index (χ1n) is 6.63. The number of carbonyl (C=O) groups excluding carboxylic acids is 2. The highest BCUT2D eigenvalue weighted by Gasteiger charge is 2.66. The number of benzene rings is 1. The highest BCUT2D eigenvalue weighted by Crippen LogP contribution is 2.46. The molecule has 2 amide bonds. The van der Waals surface area contributed by atoms with Gasteiger partial charge in [0, 0.05) is 6.04 Å². The molecule has 8 heteroatoms. The summed E-state index contributed by atoms with van der Waals surface area (Å²) in [6.45, 7) is -0.845. The smallest absolute Gasteiger partial charge is 0.327 e. The minimum absolute atomic E-state index is 0.470. The van der Waals surface area contributed by atoms with E-state index in [1.54, 1.807) is 0 Å². The van der Waals surface area contributed by atoms with Crippen molar-refractivity contribution in [3.05, 3.63) is 35.6 Å². The first-order chi connectivity index (χ1) is 10.4. The number of imide groups is 1. The van der Waals surface area contributed by atoms with Crippen molar-refractivity contribution < 1.29 is 29.0 Å². The molecule has 4 unspecified atom stereocenters. The van der Waals surface area contributed by atoms with Crippen molar-refractivity contribution in [1.29, 1.82) is 0 Å². The molecule has 1 aromatic carbocycles. The third-order valence-corrected chi connectivity index (χ3v) is 4.35. The van der Waals surface area contributed by atoms with Crippen LogP contribution >= 0.6 is 0 Å². The first kappa shape index (κ1) is 14.6. The van der Waals surface area contributed by atoms with Crippen LogP contribution in [0.2, 0.25) is 0 Å². The lowest BCUT2D eigenvalue weighted by Gasteiger charge is -2.27. The number of rotatable bonds is 3. The van der Waals surface area contributed by atoms with Gasteiger partial charge in [0.05, 0.1) is 18.4 Å². The zero-order valence-corrected chi connectivity index (χ0v) is 11.2. The fourth-order valence-corrected chi connectivity index (χ4v) is 3.30. The monoisotopic (exact) mass is 308 g/mol. The average Bonchev–Trinajstić information content (AvgIpc) is 2.98. The van der Waals surface area contributed by atoms with E-state index in [-0.39, 0.29) is 0 Å². The Bertz CT molecular complexity index is 662. The van der Waals surface area contributed by atoms with E-state index in [9.17, 15) is 29.0 Å². The number of nitrogens with one attached hydrogen (secondary N) is 2. The summed E-state index contributed by atoms with van der Waals surface area (Å²) in [5.41, 5.74) is -1.47. The van der Waals surface area contributed by atoms with Crippen molar-refractivity contribution >= 4 is 17.8 Å². The molecular formula is C14H13FN2O5. The van der Waals surface area contributed by atoms with Crippen LogP contribution in [0.5, 0.6) is 0 Å². The van der Waals surface area contributed by atoms with Gasteiger partial charge in [0.1, 0.15) is 5.82 Å². The van der Waals surface area contributed by atoms with Crippen molar-refractivity contribution in [2.45, 2.75) is 11.6 Å². The quantitative estimate of drug-likeness (QED) is 0.542. The number of hydrogen-bond donors (Lipinski definition) is 4. The Morgan fingerprint density at radius 2 is 1.86 bits per heavy atom. The molecule has 0 saturated carbocycles. The third-order valence-electron chi connectivity index (χ3n) is 4.35. The predicted octanol–water partition coefficient (Wildman–Crippen LogP) is -0.826. The molecule has 2 heterocycles. The average molecular weight is 308 g/mol. The van der Waals surface area contributed by atoms with Crippen molar-refractivity contribution in [1.82, 2.24) is 10.6 Å². The minimum Gasteiger partial charge on any atom is -0.480 e. The lowest BCUT2D eigenvalue weighted by atomic mass is 9.80. The molecule has 116 valence electrons. The second-order valence-corrected chi connectivity index (χ2v) is 5.47. The van der Waals surface area contributed by atoms with Crippen LogP contribution in [-0.4, -0.2) is 40.1 Å². The van der Waals surface area contributed by atoms with Gasteiger partial charge in [0.2, 0.25) is 11.8 Å². The van der Waals surface area contributed by atoms with Gasteiger partial charge in [0.25, 0.3) is 0 Å². The van der Waals surface area contributed by atoms with Crippen molar-refractivity contribution in [2.24, 2.45) is 11.8 Å². The molecule has 1 aromatic rings. The van der Waals surface area contributed by atoms with Gasteiger partial charge >= 0.3 is 5.97 Å². The van der Waals surface area contributed by atoms with E-state index < -0.39 is 53.6 Å². The fourth-order valence-electron chi connectivity index (χ4n) is 3.30. The second kappa shape index (κ2) is 4.85. The summed E-state index contributed by atoms with van der Waals surface area (Å²) in [7, 11) is 0. The van der Waals surface area contributed by atoms with E-state index in [0.29, 0.717) is 5.56 Å². The lowest BCUT2D eigenvalue weighted by Crippen LogP contribution is -2.58. The van der Waals surface area contributed by atoms with E-state index in [0.717, 1.165) is 0 Å². The fraction of sp³-hybridized carbons (Fsp3) is 0.357. The van der Waals surface area contributed by atoms with Crippen LogP contribution in [0.1, 0.15) is 11.6 Å². The van der Waals surface area contributed by atoms with E-state index in [1.165, 1.54) is 24.3 Å². The third kappa shape index (κ3) is 1.84. The number of amides is 2. The molecule has 2 aliphatic heterocycles. The molecule has 0 radical (unpaired) electrons. The summed E-state index contributed by atoms with van der Waals surface area (Å²) in [6.07, 6.45) is 0. The van der Waals surface area contributed by atoms with Gasteiger partial charge in [-0.3, -0.25) is 25.0 Å². The van der Waals surface area contributed by atoms with Crippen LogP contribution in [0.3, 0.4) is 0 Å². The molecular weight excluding hydrogens is 295 g/mol. The number of carboxylic acid groups (broad SMARTS) is 1. The maximum Gasteiger partial charge on any atom is 0.327 e. The number of halogens is 1. The van der Waals surface area contributed by atoms with Crippen LogP contribution in [0, 0.1) is 17.7 Å². The van der Waals surface area contributed by atoms with Crippen molar-refractivity contribution in [2.75, 3.05) is 6.61 Å². The topological polar surface area (TPSA) is 116 Å². The van der Waals surface area contributed by atoms with Crippen LogP contribution < -0.4 is 10.6 Å². The Morgan fingerprint density at radius 3 is 2.41 bits per heavy atom. The number of hydrogen-bond acceptors (Lipinski definition) is 5. The normalized spacial score (nSPS) is 33.6. The van der Waals surface area contributed by atoms with E-state index in [2.05, 4.69) is 10.6 Å². The summed E-state index contributed by atoms with van der Waals surface area (Å²) in [5, 5.41) is 23.8. The van der Waals surface area contributed by atoms with Gasteiger partial charge < -0.3 is 10.2 Å². The van der Waals surface area contributed by atoms with Crippen LogP contribution in [0.15, 0.2) is 24.3 Å².